The maximum atomic E-state index is 11.4. The zero-order valence-electron chi connectivity index (χ0n) is 10.6. The topological polar surface area (TPSA) is 37.3 Å². The van der Waals surface area contributed by atoms with E-state index in [2.05, 4.69) is 35.3 Å². The second-order valence-corrected chi connectivity index (χ2v) is 4.74. The van der Waals surface area contributed by atoms with E-state index in [-0.39, 0.29) is 5.91 Å². The number of piperidine rings is 1. The number of aryl methyl sites for hydroxylation is 1. The summed E-state index contributed by atoms with van der Waals surface area (Å²) in [6.07, 6.45) is 5.90. The molecule has 1 atom stereocenters. The number of amides is 1. The predicted octanol–water partition coefficient (Wildman–Crippen LogP) is 1.22. The first kappa shape index (κ1) is 12.2. The van der Waals surface area contributed by atoms with Crippen molar-refractivity contribution < 1.29 is 4.79 Å². The molecule has 4 nitrogen and oxygen atoms in total. The Morgan fingerprint density at radius 3 is 3.00 bits per heavy atom. The molecule has 1 saturated heterocycles. The number of rotatable bonds is 4. The Balaban J connectivity index is 1.80. The summed E-state index contributed by atoms with van der Waals surface area (Å²) < 4.78 is 2.17. The summed E-state index contributed by atoms with van der Waals surface area (Å²) in [5.74, 6) is 0.264. The van der Waals surface area contributed by atoms with Crippen molar-refractivity contribution in [2.75, 3.05) is 13.6 Å². The third kappa shape index (κ3) is 3.09. The molecule has 0 radical (unpaired) electrons. The van der Waals surface area contributed by atoms with Crippen molar-refractivity contribution in [3.05, 3.63) is 24.0 Å². The van der Waals surface area contributed by atoms with Gasteiger partial charge in [0.1, 0.15) is 0 Å². The predicted molar refractivity (Wildman–Crippen MR) is 67.6 cm³/mol. The second-order valence-electron chi connectivity index (χ2n) is 4.74. The fourth-order valence-electron chi connectivity index (χ4n) is 2.23. The average molecular weight is 235 g/mol. The van der Waals surface area contributed by atoms with Crippen molar-refractivity contribution in [1.29, 1.82) is 0 Å². The van der Waals surface area contributed by atoms with Crippen LogP contribution < -0.4 is 5.32 Å². The number of aromatic nitrogens is 1. The van der Waals surface area contributed by atoms with Crippen LogP contribution in [0.1, 0.15) is 25.3 Å². The molecule has 1 fully saturated rings. The number of nitrogens with zero attached hydrogens (tertiary/aromatic N) is 2. The van der Waals surface area contributed by atoms with Crippen LogP contribution in [0.2, 0.25) is 0 Å². The van der Waals surface area contributed by atoms with Crippen molar-refractivity contribution in [1.82, 2.24) is 14.8 Å². The Labute approximate surface area is 103 Å². The maximum Gasteiger partial charge on any atom is 0.222 e. The molecule has 0 bridgehead atoms. The fraction of sp³-hybridized carbons (Fsp3) is 0.615. The van der Waals surface area contributed by atoms with Gasteiger partial charge >= 0.3 is 0 Å². The summed E-state index contributed by atoms with van der Waals surface area (Å²) >= 11 is 0. The molecule has 0 saturated carbocycles. The van der Waals surface area contributed by atoms with Crippen molar-refractivity contribution in [3.8, 4) is 0 Å². The molecular formula is C13H21N3O. The van der Waals surface area contributed by atoms with Crippen LogP contribution >= 0.6 is 0 Å². The van der Waals surface area contributed by atoms with Gasteiger partial charge < -0.3 is 14.8 Å². The lowest BCUT2D eigenvalue weighted by Crippen LogP contribution is -2.46. The van der Waals surface area contributed by atoms with E-state index in [9.17, 15) is 4.79 Å². The highest BCUT2D eigenvalue weighted by atomic mass is 16.2. The molecule has 94 valence electrons. The van der Waals surface area contributed by atoms with E-state index in [0.29, 0.717) is 12.5 Å². The molecule has 0 spiro atoms. The van der Waals surface area contributed by atoms with Gasteiger partial charge in [0.2, 0.25) is 5.91 Å². The highest BCUT2D eigenvalue weighted by molar-refractivity contribution is 5.76. The van der Waals surface area contributed by atoms with E-state index in [4.69, 9.17) is 0 Å². The Hall–Kier alpha value is -1.29. The molecule has 1 N–H and O–H groups in total. The molecule has 1 aliphatic rings. The molecule has 2 rings (SSSR count). The van der Waals surface area contributed by atoms with E-state index in [1.54, 1.807) is 0 Å². The number of carbonyl (C=O) groups excluding carboxylic acids is 1. The number of carbonyl (C=O) groups is 1. The summed E-state index contributed by atoms with van der Waals surface area (Å²) in [7, 11) is 1.88. The van der Waals surface area contributed by atoms with Gasteiger partial charge in [-0.05, 0) is 25.0 Å². The molecule has 4 heteroatoms. The summed E-state index contributed by atoms with van der Waals surface area (Å²) in [5, 5.41) is 3.52. The third-order valence-electron chi connectivity index (χ3n) is 3.40. The lowest BCUT2D eigenvalue weighted by Gasteiger charge is -2.30. The van der Waals surface area contributed by atoms with Gasteiger partial charge in [0.15, 0.2) is 0 Å². The van der Waals surface area contributed by atoms with E-state index in [1.807, 2.05) is 11.9 Å². The number of likely N-dealkylation sites (N-methyl/N-ethyl adjacent to an activating group) is 1. The van der Waals surface area contributed by atoms with Gasteiger partial charge in [-0.2, -0.15) is 0 Å². The molecule has 2 heterocycles. The summed E-state index contributed by atoms with van der Waals surface area (Å²) in [6.45, 7) is 4.87. The highest BCUT2D eigenvalue weighted by Gasteiger charge is 2.22. The molecule has 1 aliphatic heterocycles. The summed E-state index contributed by atoms with van der Waals surface area (Å²) in [5.41, 5.74) is 1.31. The van der Waals surface area contributed by atoms with Crippen molar-refractivity contribution in [2.24, 2.45) is 0 Å². The highest BCUT2D eigenvalue weighted by Crippen LogP contribution is 2.10. The van der Waals surface area contributed by atoms with E-state index in [1.165, 1.54) is 5.56 Å². The Morgan fingerprint density at radius 1 is 1.53 bits per heavy atom. The minimum atomic E-state index is 0.264. The van der Waals surface area contributed by atoms with Gasteiger partial charge in [0, 0.05) is 51.5 Å². The fourth-order valence-corrected chi connectivity index (χ4v) is 2.23. The summed E-state index contributed by atoms with van der Waals surface area (Å²) in [6, 6.07) is 2.58. The minimum absolute atomic E-state index is 0.264. The maximum absolute atomic E-state index is 11.4. The van der Waals surface area contributed by atoms with Gasteiger partial charge in [-0.15, -0.1) is 0 Å². The van der Waals surface area contributed by atoms with Crippen LogP contribution in [0.5, 0.6) is 0 Å². The van der Waals surface area contributed by atoms with Crippen LogP contribution in [-0.4, -0.2) is 35.0 Å². The van der Waals surface area contributed by atoms with Crippen LogP contribution in [0.3, 0.4) is 0 Å². The normalized spacial score (nSPS) is 20.9. The average Bonchev–Trinajstić information content (AvgIpc) is 2.79. The van der Waals surface area contributed by atoms with E-state index < -0.39 is 0 Å². The monoisotopic (exact) mass is 235 g/mol. The zero-order valence-corrected chi connectivity index (χ0v) is 10.6. The Bertz CT molecular complexity index is 386. The van der Waals surface area contributed by atoms with E-state index >= 15 is 0 Å². The zero-order chi connectivity index (χ0) is 12.3. The lowest BCUT2D eigenvalue weighted by molar-refractivity contribution is -0.132. The minimum Gasteiger partial charge on any atom is -0.354 e. The van der Waals surface area contributed by atoms with Crippen LogP contribution in [0.25, 0.3) is 0 Å². The SMILES string of the molecule is CCn1ccc(CNC2CCC(=O)N(C)C2)c1. The standard InChI is InChI=1S/C13H21N3O/c1-3-16-7-6-11(9-16)8-14-12-4-5-13(17)15(2)10-12/h6-7,9,12,14H,3-5,8,10H2,1-2H3. The molecule has 1 aromatic heterocycles. The third-order valence-corrected chi connectivity index (χ3v) is 3.40. The number of hydrogen-bond donors (Lipinski definition) is 1. The largest absolute Gasteiger partial charge is 0.354 e. The first-order valence-corrected chi connectivity index (χ1v) is 6.31. The van der Waals surface area contributed by atoms with Gasteiger partial charge in [-0.3, -0.25) is 4.79 Å². The van der Waals surface area contributed by atoms with Gasteiger partial charge in [0.05, 0.1) is 0 Å². The van der Waals surface area contributed by atoms with Crippen LogP contribution in [0.4, 0.5) is 0 Å². The molecule has 1 aromatic rings. The van der Waals surface area contributed by atoms with Crippen molar-refractivity contribution in [3.63, 3.8) is 0 Å². The van der Waals surface area contributed by atoms with Crippen LogP contribution in [0.15, 0.2) is 18.5 Å². The van der Waals surface area contributed by atoms with Crippen molar-refractivity contribution in [2.45, 2.75) is 38.9 Å². The van der Waals surface area contributed by atoms with Gasteiger partial charge in [-0.1, -0.05) is 0 Å². The first-order chi connectivity index (χ1) is 8.19. The number of likely N-dealkylation sites (tertiary alicyclic amines) is 1. The van der Waals surface area contributed by atoms with Gasteiger partial charge in [0.25, 0.3) is 0 Å². The smallest absolute Gasteiger partial charge is 0.222 e. The Morgan fingerprint density at radius 2 is 2.35 bits per heavy atom. The number of hydrogen-bond acceptors (Lipinski definition) is 2. The molecule has 0 aromatic carbocycles. The lowest BCUT2D eigenvalue weighted by atomic mass is 10.1. The van der Waals surface area contributed by atoms with E-state index in [0.717, 1.165) is 26.1 Å². The number of nitrogens with one attached hydrogen (secondary N) is 1. The quantitative estimate of drug-likeness (QED) is 0.852. The first-order valence-electron chi connectivity index (χ1n) is 6.31. The summed E-state index contributed by atoms with van der Waals surface area (Å²) in [4.78, 5) is 13.2. The molecule has 0 aliphatic carbocycles. The van der Waals surface area contributed by atoms with Gasteiger partial charge in [-0.25, -0.2) is 0 Å². The molecule has 17 heavy (non-hydrogen) atoms. The van der Waals surface area contributed by atoms with Crippen molar-refractivity contribution >= 4 is 5.91 Å². The molecular weight excluding hydrogens is 214 g/mol. The molecule has 1 unspecified atom stereocenters. The second kappa shape index (κ2) is 5.36. The van der Waals surface area contributed by atoms with Crippen LogP contribution in [-0.2, 0) is 17.9 Å². The molecule has 1 amide bonds. The van der Waals surface area contributed by atoms with Crippen LogP contribution in [0, 0.1) is 0 Å². The Kier molecular flexibility index (Phi) is 3.84.